The number of carbonyl (C=O) groups excluding carboxylic acids is 1. The second kappa shape index (κ2) is 10.7. The number of sulfonamides is 1. The average molecular weight is 500 g/mol. The summed E-state index contributed by atoms with van der Waals surface area (Å²) >= 11 is 0. The molecule has 0 spiro atoms. The van der Waals surface area contributed by atoms with Gasteiger partial charge in [0.15, 0.2) is 0 Å². The van der Waals surface area contributed by atoms with E-state index in [0.29, 0.717) is 39.4 Å². The molecule has 0 unspecified atom stereocenters. The average Bonchev–Trinajstić information content (AvgIpc) is 2.82. The van der Waals surface area contributed by atoms with Crippen molar-refractivity contribution in [2.45, 2.75) is 33.1 Å². The third-order valence-electron chi connectivity index (χ3n) is 6.74. The fourth-order valence-corrected chi connectivity index (χ4v) is 6.32. The first-order valence-electron chi connectivity index (χ1n) is 12.4. The van der Waals surface area contributed by atoms with Crippen LogP contribution in [0.5, 0.6) is 0 Å². The highest BCUT2D eigenvalue weighted by Crippen LogP contribution is 2.30. The lowest BCUT2D eigenvalue weighted by Crippen LogP contribution is -2.58. The van der Waals surface area contributed by atoms with Crippen molar-refractivity contribution in [1.29, 1.82) is 0 Å². The van der Waals surface area contributed by atoms with E-state index in [-0.39, 0.29) is 23.0 Å². The molecule has 0 atom stereocenters. The number of benzene rings is 2. The first-order valence-corrected chi connectivity index (χ1v) is 14.0. The molecule has 2 aliphatic heterocycles. The number of carbonyl (C=O) groups is 1. The van der Waals surface area contributed by atoms with E-state index in [1.165, 1.54) is 0 Å². The van der Waals surface area contributed by atoms with E-state index < -0.39 is 10.0 Å². The van der Waals surface area contributed by atoms with E-state index in [1.54, 1.807) is 4.31 Å². The molecule has 0 N–H and O–H groups in total. The molecule has 0 radical (unpaired) electrons. The summed E-state index contributed by atoms with van der Waals surface area (Å²) < 4.78 is 33.3. The second-order valence-corrected chi connectivity index (χ2v) is 12.4. The number of nitrogens with zero attached hydrogens (tertiary/aromatic N) is 3. The molecule has 2 saturated heterocycles. The zero-order chi connectivity index (χ0) is 25.1. The van der Waals surface area contributed by atoms with Crippen LogP contribution < -0.4 is 4.90 Å². The maximum absolute atomic E-state index is 13.2. The first-order chi connectivity index (χ1) is 16.7. The van der Waals surface area contributed by atoms with Crippen molar-refractivity contribution in [3.63, 3.8) is 0 Å². The molecule has 0 aliphatic carbocycles. The lowest BCUT2D eigenvalue weighted by molar-refractivity contribution is -0.169. The first kappa shape index (κ1) is 25.7. The number of amides is 1. The van der Waals surface area contributed by atoms with Crippen molar-refractivity contribution in [3.8, 4) is 0 Å². The van der Waals surface area contributed by atoms with Crippen LogP contribution in [0.3, 0.4) is 0 Å². The number of ether oxygens (including phenoxy) is 1. The molecule has 2 aliphatic rings. The minimum atomic E-state index is -3.45. The molecule has 0 aromatic heterocycles. The van der Waals surface area contributed by atoms with Crippen LogP contribution in [0.15, 0.2) is 54.6 Å². The van der Waals surface area contributed by atoms with E-state index in [4.69, 9.17) is 4.74 Å². The lowest BCUT2D eigenvalue weighted by atomic mass is 9.86. The van der Waals surface area contributed by atoms with Gasteiger partial charge in [-0.05, 0) is 36.1 Å². The fourth-order valence-electron chi connectivity index (χ4n) is 4.66. The van der Waals surface area contributed by atoms with Crippen LogP contribution in [0.1, 0.15) is 31.9 Å². The highest BCUT2D eigenvalue weighted by atomic mass is 32.2. The number of anilines is 1. The standard InChI is InChI=1S/C27H37N3O4S/c1-22(2)17-30(35(32,33)19-24-7-5-4-6-8-24)18-23-9-11-25(12-10-23)28-13-15-29(16-14-28)26(31)27(3)20-34-21-27/h4-12,22H,13-21H2,1-3H3. The SMILES string of the molecule is CC(C)CN(Cc1ccc(N2CCN(C(=O)C3(C)COC3)CC2)cc1)S(=O)(=O)Cc1ccccc1. The van der Waals surface area contributed by atoms with Crippen LogP contribution >= 0.6 is 0 Å². The molecule has 8 heteroatoms. The topological polar surface area (TPSA) is 70.2 Å². The summed E-state index contributed by atoms with van der Waals surface area (Å²) in [7, 11) is -3.45. The molecule has 2 heterocycles. The summed E-state index contributed by atoms with van der Waals surface area (Å²) in [5, 5.41) is 0. The molecule has 2 fully saturated rings. The quantitative estimate of drug-likeness (QED) is 0.529. The number of hydrogen-bond donors (Lipinski definition) is 0. The highest BCUT2D eigenvalue weighted by Gasteiger charge is 2.44. The monoisotopic (exact) mass is 499 g/mol. The molecule has 190 valence electrons. The van der Waals surface area contributed by atoms with Gasteiger partial charge < -0.3 is 14.5 Å². The van der Waals surface area contributed by atoms with Crippen LogP contribution in [0.4, 0.5) is 5.69 Å². The van der Waals surface area contributed by atoms with Gasteiger partial charge in [-0.25, -0.2) is 8.42 Å². The Balaban J connectivity index is 1.37. The van der Waals surface area contributed by atoms with Crippen LogP contribution in [-0.2, 0) is 31.9 Å². The van der Waals surface area contributed by atoms with Crippen LogP contribution in [-0.4, -0.2) is 69.5 Å². The van der Waals surface area contributed by atoms with E-state index in [9.17, 15) is 13.2 Å². The van der Waals surface area contributed by atoms with Gasteiger partial charge in [0.2, 0.25) is 15.9 Å². The summed E-state index contributed by atoms with van der Waals surface area (Å²) in [5.74, 6) is 0.431. The maximum Gasteiger partial charge on any atom is 0.233 e. The Labute approximate surface area is 209 Å². The third kappa shape index (κ3) is 6.23. The zero-order valence-corrected chi connectivity index (χ0v) is 21.8. The summed E-state index contributed by atoms with van der Waals surface area (Å²) in [5.41, 5.74) is 2.51. The van der Waals surface area contributed by atoms with E-state index in [2.05, 4.69) is 17.0 Å². The van der Waals surface area contributed by atoms with Crippen molar-refractivity contribution >= 4 is 21.6 Å². The van der Waals surface area contributed by atoms with Gasteiger partial charge in [0, 0.05) is 45.0 Å². The smallest absolute Gasteiger partial charge is 0.233 e. The van der Waals surface area contributed by atoms with Crippen LogP contribution in [0.25, 0.3) is 0 Å². The molecular weight excluding hydrogens is 462 g/mol. The molecule has 0 saturated carbocycles. The Kier molecular flexibility index (Phi) is 7.83. The van der Waals surface area contributed by atoms with Gasteiger partial charge in [-0.2, -0.15) is 4.31 Å². The lowest BCUT2D eigenvalue weighted by Gasteiger charge is -2.43. The van der Waals surface area contributed by atoms with E-state index in [1.807, 2.05) is 68.1 Å². The van der Waals surface area contributed by atoms with E-state index >= 15 is 0 Å². The van der Waals surface area contributed by atoms with Gasteiger partial charge in [0.1, 0.15) is 0 Å². The predicted octanol–water partition coefficient (Wildman–Crippen LogP) is 3.36. The van der Waals surface area contributed by atoms with E-state index in [0.717, 1.165) is 29.9 Å². The Hall–Kier alpha value is -2.42. The van der Waals surface area contributed by atoms with Crippen LogP contribution in [0.2, 0.25) is 0 Å². The predicted molar refractivity (Wildman–Crippen MR) is 138 cm³/mol. The van der Waals surface area contributed by atoms with Gasteiger partial charge in [-0.15, -0.1) is 0 Å². The number of rotatable bonds is 9. The molecule has 35 heavy (non-hydrogen) atoms. The molecule has 7 nitrogen and oxygen atoms in total. The van der Waals surface area contributed by atoms with Gasteiger partial charge in [-0.1, -0.05) is 56.3 Å². The highest BCUT2D eigenvalue weighted by molar-refractivity contribution is 7.88. The Morgan fingerprint density at radius 3 is 2.14 bits per heavy atom. The minimum absolute atomic E-state index is 0.00676. The molecule has 0 bridgehead atoms. The summed E-state index contributed by atoms with van der Waals surface area (Å²) in [4.78, 5) is 17.0. The Bertz CT molecular complexity index is 1090. The van der Waals surface area contributed by atoms with Crippen molar-refractivity contribution < 1.29 is 17.9 Å². The zero-order valence-electron chi connectivity index (χ0n) is 21.0. The van der Waals surface area contributed by atoms with Gasteiger partial charge in [0.05, 0.1) is 24.4 Å². The van der Waals surface area contributed by atoms with Gasteiger partial charge in [-0.3, -0.25) is 4.79 Å². The van der Waals surface area contributed by atoms with Gasteiger partial charge in [0.25, 0.3) is 0 Å². The molecule has 2 aromatic carbocycles. The van der Waals surface area contributed by atoms with Crippen molar-refractivity contribution in [1.82, 2.24) is 9.21 Å². The molecule has 4 rings (SSSR count). The summed E-state index contributed by atoms with van der Waals surface area (Å²) in [6.45, 7) is 10.9. The third-order valence-corrected chi connectivity index (χ3v) is 8.50. The number of piperazine rings is 1. The summed E-state index contributed by atoms with van der Waals surface area (Å²) in [6, 6.07) is 17.5. The van der Waals surface area contributed by atoms with Crippen molar-refractivity contribution in [2.24, 2.45) is 11.3 Å². The summed E-state index contributed by atoms with van der Waals surface area (Å²) in [6.07, 6.45) is 0. The Morgan fingerprint density at radius 1 is 0.971 bits per heavy atom. The minimum Gasteiger partial charge on any atom is -0.379 e. The van der Waals surface area contributed by atoms with Crippen LogP contribution in [0, 0.1) is 11.3 Å². The normalized spacial score (nSPS) is 18.1. The van der Waals surface area contributed by atoms with Crippen molar-refractivity contribution in [2.75, 3.05) is 50.8 Å². The maximum atomic E-state index is 13.2. The molecule has 1 amide bonds. The van der Waals surface area contributed by atoms with Gasteiger partial charge >= 0.3 is 0 Å². The van der Waals surface area contributed by atoms with Crippen molar-refractivity contribution in [3.05, 3.63) is 65.7 Å². The fraction of sp³-hybridized carbons (Fsp3) is 0.519. The molecular formula is C27H37N3O4S. The second-order valence-electron chi connectivity index (χ2n) is 10.4. The Morgan fingerprint density at radius 2 is 1.60 bits per heavy atom. The number of hydrogen-bond acceptors (Lipinski definition) is 5. The molecule has 2 aromatic rings. The largest absolute Gasteiger partial charge is 0.379 e.